The minimum absolute atomic E-state index is 0.0212. The average Bonchev–Trinajstić information content (AvgIpc) is 2.19. The van der Waals surface area contributed by atoms with Gasteiger partial charge in [-0.25, -0.2) is 4.39 Å². The molecule has 6 heteroatoms. The summed E-state index contributed by atoms with van der Waals surface area (Å²) in [6, 6.07) is 5.30. The molecule has 0 saturated carbocycles. The van der Waals surface area contributed by atoms with Gasteiger partial charge >= 0.3 is 0 Å². The maximum atomic E-state index is 12.7. The van der Waals surface area contributed by atoms with Crippen LogP contribution in [0.4, 0.5) is 10.1 Å². The standard InChI is InChI=1S/C10H7FN2O2S/c11-6-1-3-7(4-2-6)13-9(15)5-8(14)12-10(13)16/h1-4H,5H2,(H,12,14,16). The zero-order valence-corrected chi connectivity index (χ0v) is 8.88. The van der Waals surface area contributed by atoms with Crippen LogP contribution in [0.2, 0.25) is 0 Å². The predicted octanol–water partition coefficient (Wildman–Crippen LogP) is 0.964. The molecule has 1 fully saturated rings. The van der Waals surface area contributed by atoms with Crippen molar-refractivity contribution in [3.63, 3.8) is 0 Å². The fourth-order valence-corrected chi connectivity index (χ4v) is 1.72. The second-order valence-corrected chi connectivity index (χ2v) is 3.62. The molecule has 16 heavy (non-hydrogen) atoms. The molecule has 1 aromatic rings. The van der Waals surface area contributed by atoms with E-state index in [0.29, 0.717) is 5.69 Å². The van der Waals surface area contributed by atoms with E-state index < -0.39 is 17.6 Å². The molecule has 4 nitrogen and oxygen atoms in total. The fourth-order valence-electron chi connectivity index (χ4n) is 1.40. The van der Waals surface area contributed by atoms with E-state index in [0.717, 1.165) is 0 Å². The predicted molar refractivity (Wildman–Crippen MR) is 59.2 cm³/mol. The van der Waals surface area contributed by atoms with Crippen LogP contribution in [0.15, 0.2) is 24.3 Å². The zero-order chi connectivity index (χ0) is 11.7. The highest BCUT2D eigenvalue weighted by atomic mass is 32.1. The Morgan fingerprint density at radius 3 is 2.44 bits per heavy atom. The first-order valence-corrected chi connectivity index (χ1v) is 4.91. The number of carbonyl (C=O) groups is 2. The molecule has 0 unspecified atom stereocenters. The van der Waals surface area contributed by atoms with Crippen molar-refractivity contribution in [2.24, 2.45) is 0 Å². The summed E-state index contributed by atoms with van der Waals surface area (Å²) in [7, 11) is 0. The van der Waals surface area contributed by atoms with Gasteiger partial charge in [0.2, 0.25) is 11.8 Å². The van der Waals surface area contributed by atoms with Gasteiger partial charge in [0.15, 0.2) is 5.11 Å². The number of anilines is 1. The van der Waals surface area contributed by atoms with Gasteiger partial charge in [-0.2, -0.15) is 0 Å². The van der Waals surface area contributed by atoms with Crippen LogP contribution in [0.3, 0.4) is 0 Å². The van der Waals surface area contributed by atoms with Crippen molar-refractivity contribution >= 4 is 34.8 Å². The van der Waals surface area contributed by atoms with Gasteiger partial charge in [-0.05, 0) is 36.5 Å². The van der Waals surface area contributed by atoms with Crippen LogP contribution in [0, 0.1) is 5.82 Å². The molecule has 1 heterocycles. The van der Waals surface area contributed by atoms with E-state index in [4.69, 9.17) is 12.2 Å². The van der Waals surface area contributed by atoms with Crippen LogP contribution < -0.4 is 10.2 Å². The molecule has 1 saturated heterocycles. The van der Waals surface area contributed by atoms with Crippen LogP contribution in [0.1, 0.15) is 6.42 Å². The van der Waals surface area contributed by atoms with E-state index in [-0.39, 0.29) is 11.5 Å². The third-order valence-electron chi connectivity index (χ3n) is 2.10. The first-order chi connectivity index (χ1) is 7.58. The molecule has 1 N–H and O–H groups in total. The maximum Gasteiger partial charge on any atom is 0.242 e. The van der Waals surface area contributed by atoms with Gasteiger partial charge in [0.25, 0.3) is 0 Å². The third kappa shape index (κ3) is 1.92. The van der Waals surface area contributed by atoms with Crippen LogP contribution in [0.25, 0.3) is 0 Å². The van der Waals surface area contributed by atoms with E-state index >= 15 is 0 Å². The van der Waals surface area contributed by atoms with Crippen molar-refractivity contribution in [1.82, 2.24) is 5.32 Å². The molecular weight excluding hydrogens is 231 g/mol. The van der Waals surface area contributed by atoms with Crippen molar-refractivity contribution in [2.45, 2.75) is 6.42 Å². The van der Waals surface area contributed by atoms with E-state index in [2.05, 4.69) is 5.32 Å². The van der Waals surface area contributed by atoms with E-state index in [1.54, 1.807) is 0 Å². The maximum absolute atomic E-state index is 12.7. The molecule has 1 aliphatic heterocycles. The van der Waals surface area contributed by atoms with Crippen LogP contribution in [-0.2, 0) is 9.59 Å². The van der Waals surface area contributed by atoms with Gasteiger partial charge in [-0.1, -0.05) is 0 Å². The number of nitrogens with zero attached hydrogens (tertiary/aromatic N) is 1. The van der Waals surface area contributed by atoms with Gasteiger partial charge in [-0.15, -0.1) is 0 Å². The van der Waals surface area contributed by atoms with E-state index in [1.807, 2.05) is 0 Å². The second kappa shape index (κ2) is 3.97. The molecule has 1 aromatic carbocycles. The summed E-state index contributed by atoms with van der Waals surface area (Å²) in [5.41, 5.74) is 0.441. The minimum atomic E-state index is -0.423. The number of rotatable bonds is 1. The summed E-state index contributed by atoms with van der Waals surface area (Å²) in [6.45, 7) is 0. The summed E-state index contributed by atoms with van der Waals surface area (Å²) in [6.07, 6.45) is -0.252. The molecule has 0 atom stereocenters. The van der Waals surface area contributed by atoms with Gasteiger partial charge in [0.05, 0.1) is 5.69 Å². The highest BCUT2D eigenvalue weighted by Gasteiger charge is 2.28. The Morgan fingerprint density at radius 2 is 1.88 bits per heavy atom. The third-order valence-corrected chi connectivity index (χ3v) is 2.38. The average molecular weight is 238 g/mol. The first-order valence-electron chi connectivity index (χ1n) is 4.50. The summed E-state index contributed by atoms with van der Waals surface area (Å²) in [5, 5.41) is 2.40. The van der Waals surface area contributed by atoms with Crippen LogP contribution in [0.5, 0.6) is 0 Å². The number of carbonyl (C=O) groups excluding carboxylic acids is 2. The molecule has 0 radical (unpaired) electrons. The lowest BCUT2D eigenvalue weighted by Crippen LogP contribution is -2.52. The van der Waals surface area contributed by atoms with Crippen molar-refractivity contribution in [3.05, 3.63) is 30.1 Å². The molecular formula is C10H7FN2O2S. The fraction of sp³-hybridized carbons (Fsp3) is 0.100. The Bertz CT molecular complexity index is 452. The summed E-state index contributed by atoms with van der Waals surface area (Å²) in [4.78, 5) is 23.8. The number of thiocarbonyl (C=S) groups is 1. The Hall–Kier alpha value is -1.82. The van der Waals surface area contributed by atoms with Gasteiger partial charge in [0.1, 0.15) is 12.2 Å². The monoisotopic (exact) mass is 238 g/mol. The summed E-state index contributed by atoms with van der Waals surface area (Å²) < 4.78 is 12.7. The Labute approximate surface area is 96.0 Å². The molecule has 0 aliphatic carbocycles. The Kier molecular flexibility index (Phi) is 2.66. The van der Waals surface area contributed by atoms with Crippen LogP contribution in [-0.4, -0.2) is 16.9 Å². The second-order valence-electron chi connectivity index (χ2n) is 3.24. The summed E-state index contributed by atoms with van der Waals surface area (Å²) in [5.74, 6) is -1.24. The lowest BCUT2D eigenvalue weighted by molar-refractivity contribution is -0.127. The Balaban J connectivity index is 2.32. The normalized spacial score (nSPS) is 16.3. The number of benzene rings is 1. The van der Waals surface area contributed by atoms with Gasteiger partial charge < -0.3 is 5.32 Å². The quantitative estimate of drug-likeness (QED) is 0.585. The van der Waals surface area contributed by atoms with E-state index in [1.165, 1.54) is 29.2 Å². The largest absolute Gasteiger partial charge is 0.302 e. The zero-order valence-electron chi connectivity index (χ0n) is 8.07. The lowest BCUT2D eigenvalue weighted by Gasteiger charge is -2.27. The lowest BCUT2D eigenvalue weighted by atomic mass is 10.2. The topological polar surface area (TPSA) is 49.4 Å². The van der Waals surface area contributed by atoms with Gasteiger partial charge in [-0.3, -0.25) is 14.5 Å². The van der Waals surface area contributed by atoms with E-state index in [9.17, 15) is 14.0 Å². The molecule has 0 spiro atoms. The van der Waals surface area contributed by atoms with Gasteiger partial charge in [0, 0.05) is 0 Å². The number of halogens is 1. The summed E-state index contributed by atoms with van der Waals surface area (Å²) >= 11 is 4.88. The molecule has 2 amide bonds. The molecule has 82 valence electrons. The van der Waals surface area contributed by atoms with Crippen molar-refractivity contribution in [3.8, 4) is 0 Å². The smallest absolute Gasteiger partial charge is 0.242 e. The number of nitrogens with one attached hydrogen (secondary N) is 1. The molecule has 2 rings (SSSR count). The molecule has 0 bridgehead atoms. The van der Waals surface area contributed by atoms with Crippen molar-refractivity contribution in [1.29, 1.82) is 0 Å². The molecule has 1 aliphatic rings. The molecule has 0 aromatic heterocycles. The SMILES string of the molecule is O=C1CC(=O)N(c2ccc(F)cc2)C(=S)N1. The number of amides is 2. The van der Waals surface area contributed by atoms with Crippen molar-refractivity contribution in [2.75, 3.05) is 4.90 Å². The first kappa shape index (κ1) is 10.7. The minimum Gasteiger partial charge on any atom is -0.302 e. The number of hydrogen-bond donors (Lipinski definition) is 1. The number of hydrogen-bond acceptors (Lipinski definition) is 3. The van der Waals surface area contributed by atoms with Crippen molar-refractivity contribution < 1.29 is 14.0 Å². The highest BCUT2D eigenvalue weighted by Crippen LogP contribution is 2.18. The highest BCUT2D eigenvalue weighted by molar-refractivity contribution is 7.80. The van der Waals surface area contributed by atoms with Crippen LogP contribution >= 0.6 is 12.2 Å². The Morgan fingerprint density at radius 1 is 1.25 bits per heavy atom.